The van der Waals surface area contributed by atoms with E-state index in [1.165, 1.54) is 24.0 Å². The average Bonchev–Trinajstić information content (AvgIpc) is 2.73. The first-order valence-electron chi connectivity index (χ1n) is 4.11. The number of thiophene rings is 1. The van der Waals surface area contributed by atoms with Crippen LogP contribution >= 0.6 is 11.3 Å². The number of rotatable bonds is 3. The molecule has 1 aromatic heterocycles. The Hall–Kier alpha value is -0.340. The van der Waals surface area contributed by atoms with Crippen LogP contribution in [0.5, 0.6) is 0 Å². The van der Waals surface area contributed by atoms with Crippen LogP contribution in [0.1, 0.15) is 24.0 Å². The molecule has 0 aliphatic heterocycles. The topological polar surface area (TPSA) is 12.0 Å². The zero-order chi connectivity index (χ0) is 7.68. The summed E-state index contributed by atoms with van der Waals surface area (Å²) < 4.78 is 0. The Morgan fingerprint density at radius 1 is 1.55 bits per heavy atom. The van der Waals surface area contributed by atoms with Gasteiger partial charge in [0.2, 0.25) is 0 Å². The van der Waals surface area contributed by atoms with Crippen molar-refractivity contribution in [2.24, 2.45) is 0 Å². The zero-order valence-electron chi connectivity index (χ0n) is 6.76. The molecule has 1 saturated carbocycles. The van der Waals surface area contributed by atoms with E-state index in [0.717, 1.165) is 12.6 Å². The van der Waals surface area contributed by atoms with E-state index in [4.69, 9.17) is 0 Å². The lowest BCUT2D eigenvalue weighted by Crippen LogP contribution is -2.15. The summed E-state index contributed by atoms with van der Waals surface area (Å²) >= 11 is 1.80. The second kappa shape index (κ2) is 2.95. The van der Waals surface area contributed by atoms with E-state index in [1.54, 1.807) is 11.3 Å². The van der Waals surface area contributed by atoms with Crippen LogP contribution in [0.4, 0.5) is 0 Å². The Labute approximate surface area is 71.4 Å². The highest BCUT2D eigenvalue weighted by Gasteiger charge is 2.20. The van der Waals surface area contributed by atoms with Gasteiger partial charge in [0, 0.05) is 12.6 Å². The van der Waals surface area contributed by atoms with Gasteiger partial charge < -0.3 is 5.32 Å². The van der Waals surface area contributed by atoms with E-state index in [1.807, 2.05) is 0 Å². The van der Waals surface area contributed by atoms with Gasteiger partial charge in [-0.3, -0.25) is 0 Å². The largest absolute Gasteiger partial charge is 0.310 e. The number of nitrogens with one attached hydrogen (secondary N) is 1. The van der Waals surface area contributed by atoms with E-state index in [-0.39, 0.29) is 0 Å². The van der Waals surface area contributed by atoms with Crippen LogP contribution in [0, 0.1) is 6.92 Å². The van der Waals surface area contributed by atoms with Crippen molar-refractivity contribution in [2.75, 3.05) is 0 Å². The molecular formula is C9H13NS. The Balaban J connectivity index is 1.89. The summed E-state index contributed by atoms with van der Waals surface area (Å²) in [6.45, 7) is 3.25. The molecule has 11 heavy (non-hydrogen) atoms. The molecule has 1 nitrogen and oxygen atoms in total. The van der Waals surface area contributed by atoms with Gasteiger partial charge in [0.1, 0.15) is 0 Å². The standard InChI is InChI=1S/C9H13NS/c1-7-5-11-6-8(7)4-10-9-2-3-9/h5-6,9-10H,2-4H2,1H3. The molecule has 1 N–H and O–H groups in total. The monoisotopic (exact) mass is 167 g/mol. The quantitative estimate of drug-likeness (QED) is 0.728. The third-order valence-corrected chi connectivity index (χ3v) is 3.03. The molecule has 0 unspecified atom stereocenters. The van der Waals surface area contributed by atoms with Gasteiger partial charge in [-0.2, -0.15) is 11.3 Å². The van der Waals surface area contributed by atoms with Crippen LogP contribution in [0.15, 0.2) is 10.8 Å². The lowest BCUT2D eigenvalue weighted by Gasteiger charge is -2.00. The van der Waals surface area contributed by atoms with Crippen molar-refractivity contribution >= 4 is 11.3 Å². The van der Waals surface area contributed by atoms with Crippen molar-refractivity contribution in [3.05, 3.63) is 21.9 Å². The van der Waals surface area contributed by atoms with E-state index in [2.05, 4.69) is 23.0 Å². The Bertz CT molecular complexity index is 237. The van der Waals surface area contributed by atoms with Gasteiger partial charge in [-0.25, -0.2) is 0 Å². The van der Waals surface area contributed by atoms with Crippen LogP contribution in [0.25, 0.3) is 0 Å². The Morgan fingerprint density at radius 2 is 2.36 bits per heavy atom. The molecule has 1 fully saturated rings. The van der Waals surface area contributed by atoms with Crippen LogP contribution in [-0.2, 0) is 6.54 Å². The van der Waals surface area contributed by atoms with Gasteiger partial charge in [0.25, 0.3) is 0 Å². The lowest BCUT2D eigenvalue weighted by molar-refractivity contribution is 0.687. The average molecular weight is 167 g/mol. The molecule has 1 aliphatic rings. The third kappa shape index (κ3) is 1.82. The van der Waals surface area contributed by atoms with E-state index in [9.17, 15) is 0 Å². The summed E-state index contributed by atoms with van der Waals surface area (Å²) in [4.78, 5) is 0. The van der Waals surface area contributed by atoms with Crippen molar-refractivity contribution in [1.82, 2.24) is 5.32 Å². The fourth-order valence-electron chi connectivity index (χ4n) is 1.11. The second-order valence-corrected chi connectivity index (χ2v) is 3.98. The molecule has 0 amide bonds. The Morgan fingerprint density at radius 3 is 2.91 bits per heavy atom. The maximum absolute atomic E-state index is 3.51. The van der Waals surface area contributed by atoms with Crippen molar-refractivity contribution in [3.63, 3.8) is 0 Å². The summed E-state index contributed by atoms with van der Waals surface area (Å²) in [6, 6.07) is 0.828. The molecule has 0 bridgehead atoms. The molecule has 0 spiro atoms. The van der Waals surface area contributed by atoms with Gasteiger partial charge in [-0.05, 0) is 41.7 Å². The first kappa shape index (κ1) is 7.32. The minimum atomic E-state index is 0.828. The van der Waals surface area contributed by atoms with Gasteiger partial charge in [0.05, 0.1) is 0 Å². The molecule has 60 valence electrons. The van der Waals surface area contributed by atoms with Crippen molar-refractivity contribution in [2.45, 2.75) is 32.4 Å². The van der Waals surface area contributed by atoms with Crippen LogP contribution < -0.4 is 5.32 Å². The maximum Gasteiger partial charge on any atom is 0.0218 e. The highest BCUT2D eigenvalue weighted by molar-refractivity contribution is 7.08. The predicted molar refractivity (Wildman–Crippen MR) is 48.9 cm³/mol. The third-order valence-electron chi connectivity index (χ3n) is 2.12. The molecule has 1 heterocycles. The fraction of sp³-hybridized carbons (Fsp3) is 0.556. The highest BCUT2D eigenvalue weighted by atomic mass is 32.1. The molecule has 1 aliphatic carbocycles. The fourth-order valence-corrected chi connectivity index (χ4v) is 1.97. The first-order chi connectivity index (χ1) is 5.36. The van der Waals surface area contributed by atoms with Crippen molar-refractivity contribution in [1.29, 1.82) is 0 Å². The molecular weight excluding hydrogens is 154 g/mol. The maximum atomic E-state index is 3.51. The SMILES string of the molecule is Cc1cscc1CNC1CC1. The second-order valence-electron chi connectivity index (χ2n) is 3.24. The minimum Gasteiger partial charge on any atom is -0.310 e. The summed E-state index contributed by atoms with van der Waals surface area (Å²) in [5.41, 5.74) is 2.91. The summed E-state index contributed by atoms with van der Waals surface area (Å²) in [7, 11) is 0. The Kier molecular flexibility index (Phi) is 1.96. The minimum absolute atomic E-state index is 0.828. The molecule has 0 atom stereocenters. The number of aryl methyl sites for hydroxylation is 1. The summed E-state index contributed by atoms with van der Waals surface area (Å²) in [6.07, 6.45) is 2.76. The predicted octanol–water partition coefficient (Wildman–Crippen LogP) is 2.31. The molecule has 0 radical (unpaired) electrons. The van der Waals surface area contributed by atoms with Crippen LogP contribution in [0.2, 0.25) is 0 Å². The van der Waals surface area contributed by atoms with Crippen molar-refractivity contribution < 1.29 is 0 Å². The van der Waals surface area contributed by atoms with Gasteiger partial charge in [0.15, 0.2) is 0 Å². The molecule has 2 rings (SSSR count). The van der Waals surface area contributed by atoms with Crippen LogP contribution in [0.3, 0.4) is 0 Å². The molecule has 1 aromatic rings. The van der Waals surface area contributed by atoms with Gasteiger partial charge in [-0.1, -0.05) is 0 Å². The van der Waals surface area contributed by atoms with E-state index >= 15 is 0 Å². The van der Waals surface area contributed by atoms with Crippen LogP contribution in [-0.4, -0.2) is 6.04 Å². The highest BCUT2D eigenvalue weighted by Crippen LogP contribution is 2.20. The summed E-state index contributed by atoms with van der Waals surface area (Å²) in [5.74, 6) is 0. The normalized spacial score (nSPS) is 17.2. The molecule has 2 heteroatoms. The number of hydrogen-bond donors (Lipinski definition) is 1. The molecule has 0 saturated heterocycles. The van der Waals surface area contributed by atoms with Gasteiger partial charge >= 0.3 is 0 Å². The smallest absolute Gasteiger partial charge is 0.0218 e. The summed E-state index contributed by atoms with van der Waals surface area (Å²) in [5, 5.41) is 7.96. The lowest BCUT2D eigenvalue weighted by atomic mass is 10.2. The first-order valence-corrected chi connectivity index (χ1v) is 5.05. The number of hydrogen-bond acceptors (Lipinski definition) is 2. The zero-order valence-corrected chi connectivity index (χ0v) is 7.58. The van der Waals surface area contributed by atoms with E-state index in [0.29, 0.717) is 0 Å². The molecule has 0 aromatic carbocycles. The van der Waals surface area contributed by atoms with Gasteiger partial charge in [-0.15, -0.1) is 0 Å². The van der Waals surface area contributed by atoms with Crippen molar-refractivity contribution in [3.8, 4) is 0 Å². The van der Waals surface area contributed by atoms with E-state index < -0.39 is 0 Å².